The predicted molar refractivity (Wildman–Crippen MR) is 122 cm³/mol. The van der Waals surface area contributed by atoms with Gasteiger partial charge in [0.25, 0.3) is 11.8 Å². The van der Waals surface area contributed by atoms with Gasteiger partial charge in [0, 0.05) is 40.3 Å². The van der Waals surface area contributed by atoms with Crippen LogP contribution in [0.1, 0.15) is 37.4 Å². The van der Waals surface area contributed by atoms with E-state index in [4.69, 9.17) is 11.6 Å². The first kappa shape index (κ1) is 24.7. The van der Waals surface area contributed by atoms with Gasteiger partial charge in [-0.1, -0.05) is 11.6 Å². The van der Waals surface area contributed by atoms with E-state index < -0.39 is 46.5 Å². The van der Waals surface area contributed by atoms with E-state index >= 15 is 0 Å². The first-order valence-corrected chi connectivity index (χ1v) is 10.9. The highest BCUT2D eigenvalue weighted by molar-refractivity contribution is 6.31. The maximum absolute atomic E-state index is 14.1. The summed E-state index contributed by atoms with van der Waals surface area (Å²) in [6.45, 7) is 0. The SMILES string of the molecule is Cn1cc2c3c(c(NC(=O)c4cc(F)cc(C(F)(F)F)c4)cc2n1)C(O)(c1cc(F)ccc1Cl)NC3=O. The van der Waals surface area contributed by atoms with Gasteiger partial charge in [-0.15, -0.1) is 0 Å². The zero-order chi connectivity index (χ0) is 26.9. The highest BCUT2D eigenvalue weighted by atomic mass is 35.5. The fraction of sp³-hybridized carbons (Fsp3) is 0.125. The smallest absolute Gasteiger partial charge is 0.363 e. The molecule has 0 saturated carbocycles. The van der Waals surface area contributed by atoms with Crippen molar-refractivity contribution in [3.63, 3.8) is 0 Å². The number of aliphatic hydroxyl groups is 1. The van der Waals surface area contributed by atoms with Crippen LogP contribution in [0.4, 0.5) is 27.6 Å². The van der Waals surface area contributed by atoms with Crippen molar-refractivity contribution in [3.05, 3.63) is 93.1 Å². The molecular weight excluding hydrogens is 523 g/mol. The molecule has 1 aliphatic heterocycles. The number of carbonyl (C=O) groups is 2. The van der Waals surface area contributed by atoms with Crippen molar-refractivity contribution in [2.24, 2.45) is 7.05 Å². The van der Waals surface area contributed by atoms with Crippen LogP contribution in [0, 0.1) is 11.6 Å². The van der Waals surface area contributed by atoms with Gasteiger partial charge in [-0.25, -0.2) is 8.78 Å². The van der Waals surface area contributed by atoms with Crippen molar-refractivity contribution in [2.75, 3.05) is 5.32 Å². The summed E-state index contributed by atoms with van der Waals surface area (Å²) in [5.41, 5.74) is -5.19. The molecule has 5 rings (SSSR count). The lowest BCUT2D eigenvalue weighted by molar-refractivity contribution is -0.137. The van der Waals surface area contributed by atoms with Gasteiger partial charge in [-0.3, -0.25) is 14.3 Å². The molecule has 1 aliphatic rings. The van der Waals surface area contributed by atoms with E-state index in [-0.39, 0.29) is 44.4 Å². The number of hydrogen-bond acceptors (Lipinski definition) is 4. The van der Waals surface area contributed by atoms with Crippen molar-refractivity contribution in [3.8, 4) is 0 Å². The minimum Gasteiger partial charge on any atom is -0.363 e. The molecule has 37 heavy (non-hydrogen) atoms. The van der Waals surface area contributed by atoms with Gasteiger partial charge >= 0.3 is 6.18 Å². The van der Waals surface area contributed by atoms with Gasteiger partial charge in [-0.05, 0) is 42.5 Å². The molecule has 0 radical (unpaired) electrons. The number of aryl methyl sites for hydroxylation is 1. The molecule has 0 spiro atoms. The first-order chi connectivity index (χ1) is 17.3. The summed E-state index contributed by atoms with van der Waals surface area (Å²) in [6.07, 6.45) is -3.45. The fourth-order valence-electron chi connectivity index (χ4n) is 4.34. The summed E-state index contributed by atoms with van der Waals surface area (Å²) < 4.78 is 68.9. The summed E-state index contributed by atoms with van der Waals surface area (Å²) >= 11 is 6.20. The fourth-order valence-corrected chi connectivity index (χ4v) is 4.59. The minimum absolute atomic E-state index is 0.124. The second-order valence-corrected chi connectivity index (χ2v) is 8.79. The Hall–Kier alpha value is -4.03. The molecule has 0 aliphatic carbocycles. The second-order valence-electron chi connectivity index (χ2n) is 8.38. The number of benzene rings is 3. The number of nitrogens with zero attached hydrogens (tertiary/aromatic N) is 2. The molecule has 7 nitrogen and oxygen atoms in total. The second kappa shape index (κ2) is 8.25. The van der Waals surface area contributed by atoms with Crippen molar-refractivity contribution in [2.45, 2.75) is 11.9 Å². The number of halogens is 6. The van der Waals surface area contributed by atoms with Crippen LogP contribution < -0.4 is 10.6 Å². The number of aromatic nitrogens is 2. The number of hydrogen-bond donors (Lipinski definition) is 3. The number of carbonyl (C=O) groups excluding carboxylic acids is 2. The van der Waals surface area contributed by atoms with Gasteiger partial charge < -0.3 is 15.7 Å². The molecule has 4 aromatic rings. The topological polar surface area (TPSA) is 96.2 Å². The van der Waals surface area contributed by atoms with E-state index in [0.717, 1.165) is 18.2 Å². The summed E-state index contributed by atoms with van der Waals surface area (Å²) in [4.78, 5) is 26.0. The highest BCUT2D eigenvalue weighted by Crippen LogP contribution is 2.45. The number of anilines is 1. The normalized spacial score (nSPS) is 17.1. The Morgan fingerprint density at radius 1 is 1.14 bits per heavy atom. The van der Waals surface area contributed by atoms with Crippen molar-refractivity contribution in [1.29, 1.82) is 0 Å². The molecule has 13 heteroatoms. The predicted octanol–water partition coefficient (Wildman–Crippen LogP) is 4.71. The van der Waals surface area contributed by atoms with Crippen LogP contribution >= 0.6 is 11.6 Å². The van der Waals surface area contributed by atoms with Crippen molar-refractivity contribution < 1.29 is 36.6 Å². The number of rotatable bonds is 3. The molecule has 3 N–H and O–H groups in total. The summed E-state index contributed by atoms with van der Waals surface area (Å²) in [6, 6.07) is 5.64. The molecule has 2 amide bonds. The van der Waals surface area contributed by atoms with Crippen LogP contribution in [0.2, 0.25) is 5.02 Å². The zero-order valence-corrected chi connectivity index (χ0v) is 19.3. The highest BCUT2D eigenvalue weighted by Gasteiger charge is 2.48. The van der Waals surface area contributed by atoms with Gasteiger partial charge in [-0.2, -0.15) is 18.3 Å². The Balaban J connectivity index is 1.71. The van der Waals surface area contributed by atoms with E-state index in [9.17, 15) is 36.6 Å². The Morgan fingerprint density at radius 3 is 2.57 bits per heavy atom. The van der Waals surface area contributed by atoms with Crippen molar-refractivity contribution >= 4 is 40.0 Å². The van der Waals surface area contributed by atoms with Crippen LogP contribution in [0.15, 0.2) is 48.7 Å². The molecule has 0 saturated heterocycles. The van der Waals surface area contributed by atoms with Gasteiger partial charge in [0.1, 0.15) is 11.6 Å². The molecule has 0 bridgehead atoms. The van der Waals surface area contributed by atoms with E-state index in [1.165, 1.54) is 16.9 Å². The van der Waals surface area contributed by atoms with Crippen LogP contribution in [0.5, 0.6) is 0 Å². The van der Waals surface area contributed by atoms with Crippen LogP contribution in [-0.4, -0.2) is 26.7 Å². The number of fused-ring (bicyclic) bond motifs is 3. The third-order valence-electron chi connectivity index (χ3n) is 5.86. The maximum Gasteiger partial charge on any atom is 0.416 e. The first-order valence-electron chi connectivity index (χ1n) is 10.5. The van der Waals surface area contributed by atoms with E-state index in [2.05, 4.69) is 15.7 Å². The average molecular weight is 537 g/mol. The average Bonchev–Trinajstić information content (AvgIpc) is 3.30. The summed E-state index contributed by atoms with van der Waals surface area (Å²) in [5, 5.41) is 20.6. The number of alkyl halides is 3. The molecular formula is C24H14ClF5N4O3. The lowest BCUT2D eigenvalue weighted by atomic mass is 9.91. The third-order valence-corrected chi connectivity index (χ3v) is 6.19. The van der Waals surface area contributed by atoms with Gasteiger partial charge in [0.15, 0.2) is 5.72 Å². The monoisotopic (exact) mass is 536 g/mol. The minimum atomic E-state index is -4.92. The Bertz CT molecular complexity index is 1640. The molecule has 1 aromatic heterocycles. The van der Waals surface area contributed by atoms with Gasteiger partial charge in [0.05, 0.1) is 22.3 Å². The van der Waals surface area contributed by atoms with E-state index in [1.54, 1.807) is 7.05 Å². The van der Waals surface area contributed by atoms with Crippen molar-refractivity contribution in [1.82, 2.24) is 15.1 Å². The zero-order valence-electron chi connectivity index (χ0n) is 18.5. The third kappa shape index (κ3) is 4.07. The molecule has 2 heterocycles. The Kier molecular flexibility index (Phi) is 5.50. The van der Waals surface area contributed by atoms with E-state index in [1.807, 2.05) is 0 Å². The Morgan fingerprint density at radius 2 is 1.86 bits per heavy atom. The molecule has 1 unspecified atom stereocenters. The number of amides is 2. The largest absolute Gasteiger partial charge is 0.416 e. The molecule has 1 atom stereocenters. The number of nitrogens with one attached hydrogen (secondary N) is 2. The lowest BCUT2D eigenvalue weighted by Crippen LogP contribution is -2.41. The molecule has 190 valence electrons. The Labute approximate surface area is 209 Å². The quantitative estimate of drug-likeness (QED) is 0.330. The van der Waals surface area contributed by atoms with Crippen LogP contribution in [0.3, 0.4) is 0 Å². The summed E-state index contributed by atoms with van der Waals surface area (Å²) in [7, 11) is 1.55. The van der Waals surface area contributed by atoms with Gasteiger partial charge in [0.2, 0.25) is 0 Å². The lowest BCUT2D eigenvalue weighted by Gasteiger charge is -2.27. The maximum atomic E-state index is 14.1. The summed E-state index contributed by atoms with van der Waals surface area (Å²) in [5.74, 6) is -4.07. The van der Waals surface area contributed by atoms with Crippen LogP contribution in [-0.2, 0) is 18.9 Å². The van der Waals surface area contributed by atoms with E-state index in [0.29, 0.717) is 12.1 Å². The van der Waals surface area contributed by atoms with Crippen LogP contribution in [0.25, 0.3) is 10.9 Å². The molecule has 3 aromatic carbocycles. The molecule has 0 fully saturated rings. The standard InChI is InChI=1S/C24H14ClF5N4O3/c1-34-9-14-17(33-34)8-18(31-21(35)10-4-11(24(28,29)30)6-13(27)5-10)20-19(14)22(36)32-23(20,37)15-7-12(26)2-3-16(15)25/h2-9,37H,1H3,(H,31,35)(H,32,36).